The van der Waals surface area contributed by atoms with Gasteiger partial charge in [0.25, 0.3) is 0 Å². The van der Waals surface area contributed by atoms with Gasteiger partial charge in [0.05, 0.1) is 11.4 Å². The molecule has 2 aromatic heterocycles. The second-order valence-corrected chi connectivity index (χ2v) is 11.2. The van der Waals surface area contributed by atoms with Gasteiger partial charge in [-0.3, -0.25) is 4.90 Å². The van der Waals surface area contributed by atoms with Crippen molar-refractivity contribution in [3.05, 3.63) is 60.9 Å². The molecule has 0 saturated carbocycles. The maximum Gasteiger partial charge on any atom is 0.410 e. The highest BCUT2D eigenvalue weighted by Gasteiger charge is 2.40. The van der Waals surface area contributed by atoms with Crippen molar-refractivity contribution in [3.63, 3.8) is 0 Å². The van der Waals surface area contributed by atoms with Crippen LogP contribution in [0.3, 0.4) is 0 Å². The van der Waals surface area contributed by atoms with E-state index in [1.165, 1.54) is 6.33 Å². The summed E-state index contributed by atoms with van der Waals surface area (Å²) in [6.45, 7) is 8.78. The predicted octanol–water partition coefficient (Wildman–Crippen LogP) is 4.73. The minimum atomic E-state index is -0.487. The van der Waals surface area contributed by atoms with Gasteiger partial charge in [0, 0.05) is 37.8 Å². The molecule has 4 aromatic rings. The molecule has 2 saturated heterocycles. The highest BCUT2D eigenvalue weighted by atomic mass is 16.6. The molecule has 0 radical (unpaired) electrons. The zero-order chi connectivity index (χ0) is 27.1. The third-order valence-electron chi connectivity index (χ3n) is 7.20. The number of aromatic nitrogens is 4. The third kappa shape index (κ3) is 5.12. The summed E-state index contributed by atoms with van der Waals surface area (Å²) >= 11 is 0. The van der Waals surface area contributed by atoms with Crippen LogP contribution < -0.4 is 10.5 Å². The van der Waals surface area contributed by atoms with Gasteiger partial charge in [0.2, 0.25) is 0 Å². The third-order valence-corrected chi connectivity index (χ3v) is 7.20. The zero-order valence-electron chi connectivity index (χ0n) is 22.4. The smallest absolute Gasteiger partial charge is 0.410 e. The number of ether oxygens (including phenoxy) is 2. The van der Waals surface area contributed by atoms with Gasteiger partial charge in [-0.15, -0.1) is 0 Å². The van der Waals surface area contributed by atoms with E-state index in [0.29, 0.717) is 24.9 Å². The largest absolute Gasteiger partial charge is 0.457 e. The van der Waals surface area contributed by atoms with E-state index in [2.05, 4.69) is 14.9 Å². The summed E-state index contributed by atoms with van der Waals surface area (Å²) in [5.74, 6) is 1.93. The van der Waals surface area contributed by atoms with E-state index in [1.54, 1.807) is 4.90 Å². The van der Waals surface area contributed by atoms with Crippen molar-refractivity contribution in [2.75, 3.05) is 31.9 Å². The Morgan fingerprint density at radius 1 is 0.949 bits per heavy atom. The summed E-state index contributed by atoms with van der Waals surface area (Å²) in [4.78, 5) is 25.4. The van der Waals surface area contributed by atoms with Gasteiger partial charge in [-0.2, -0.15) is 5.10 Å². The number of benzene rings is 2. The molecule has 10 nitrogen and oxygen atoms in total. The number of anilines is 1. The molecule has 0 aliphatic carbocycles. The van der Waals surface area contributed by atoms with E-state index in [4.69, 9.17) is 20.3 Å². The van der Waals surface area contributed by atoms with Gasteiger partial charge in [0.1, 0.15) is 34.9 Å². The molecule has 2 fully saturated rings. The van der Waals surface area contributed by atoms with E-state index in [0.717, 1.165) is 53.3 Å². The SMILES string of the molecule is CC(C)(C)OC(=O)N1CC(N2CCC(n3nc(-c4ccc(Oc5ccccc5)cc4)c4c(N)ncnc43)C2)C1. The quantitative estimate of drug-likeness (QED) is 0.396. The Labute approximate surface area is 227 Å². The Bertz CT molecular complexity index is 1470. The van der Waals surface area contributed by atoms with Crippen LogP contribution in [-0.2, 0) is 4.74 Å². The second kappa shape index (κ2) is 9.85. The predicted molar refractivity (Wildman–Crippen MR) is 149 cm³/mol. The lowest BCUT2D eigenvalue weighted by molar-refractivity contribution is -0.0117. The summed E-state index contributed by atoms with van der Waals surface area (Å²) in [5, 5.41) is 5.78. The topological polar surface area (TPSA) is 112 Å². The lowest BCUT2D eigenvalue weighted by atomic mass is 10.1. The Balaban J connectivity index is 1.19. The van der Waals surface area contributed by atoms with Crippen molar-refractivity contribution in [2.45, 2.75) is 44.9 Å². The molecule has 4 heterocycles. The second-order valence-electron chi connectivity index (χ2n) is 11.2. The van der Waals surface area contributed by atoms with E-state index < -0.39 is 5.60 Å². The van der Waals surface area contributed by atoms with Crippen LogP contribution in [0.2, 0.25) is 0 Å². The van der Waals surface area contributed by atoms with Crippen molar-refractivity contribution < 1.29 is 14.3 Å². The van der Waals surface area contributed by atoms with Crippen LogP contribution in [0.25, 0.3) is 22.3 Å². The van der Waals surface area contributed by atoms with Gasteiger partial charge in [0.15, 0.2) is 5.65 Å². The summed E-state index contributed by atoms with van der Waals surface area (Å²) in [5.41, 5.74) is 8.27. The fourth-order valence-electron chi connectivity index (χ4n) is 5.22. The number of hydrogen-bond acceptors (Lipinski definition) is 8. The van der Waals surface area contributed by atoms with Crippen LogP contribution in [0, 0.1) is 0 Å². The maximum atomic E-state index is 12.4. The molecule has 0 spiro atoms. The highest BCUT2D eigenvalue weighted by Crippen LogP contribution is 2.36. The van der Waals surface area contributed by atoms with Gasteiger partial charge < -0.3 is 20.1 Å². The molecule has 1 amide bonds. The van der Waals surface area contributed by atoms with Crippen LogP contribution >= 0.6 is 0 Å². The molecule has 6 rings (SSSR count). The number of carbonyl (C=O) groups is 1. The first kappa shape index (κ1) is 25.1. The molecular formula is C29H33N7O3. The highest BCUT2D eigenvalue weighted by molar-refractivity contribution is 5.98. The van der Waals surface area contributed by atoms with Crippen LogP contribution in [0.4, 0.5) is 10.6 Å². The lowest BCUT2D eigenvalue weighted by Crippen LogP contribution is -2.61. The molecule has 0 bridgehead atoms. The molecule has 2 N–H and O–H groups in total. The molecule has 2 aliphatic rings. The molecule has 1 atom stereocenters. The molecule has 10 heteroatoms. The van der Waals surface area contributed by atoms with Gasteiger partial charge >= 0.3 is 6.09 Å². The standard InChI is InChI=1S/C29H33N7O3/c1-29(2,3)39-28(37)35-16-21(17-35)34-14-13-20(15-34)36-27-24(26(30)31-18-32-27)25(33-36)19-9-11-23(12-10-19)38-22-7-5-4-6-8-22/h4-12,18,20-21H,13-17H2,1-3H3,(H2,30,31,32). The van der Waals surface area contributed by atoms with Gasteiger partial charge in [-0.05, 0) is 63.6 Å². The number of carbonyl (C=O) groups excluding carboxylic acids is 1. The number of likely N-dealkylation sites (tertiary alicyclic amines) is 2. The molecule has 202 valence electrons. The summed E-state index contributed by atoms with van der Waals surface area (Å²) in [6, 6.07) is 18.0. The molecule has 39 heavy (non-hydrogen) atoms. The fraction of sp³-hybridized carbons (Fsp3) is 0.379. The van der Waals surface area contributed by atoms with Crippen molar-refractivity contribution in [1.82, 2.24) is 29.5 Å². The van der Waals surface area contributed by atoms with Crippen LogP contribution in [0.1, 0.15) is 33.2 Å². The first-order chi connectivity index (χ1) is 18.7. The molecule has 1 unspecified atom stereocenters. The van der Waals surface area contributed by atoms with Crippen LogP contribution in [-0.4, -0.2) is 73.5 Å². The molecular weight excluding hydrogens is 494 g/mol. The molecule has 2 aromatic carbocycles. The number of hydrogen-bond donors (Lipinski definition) is 1. The number of nitrogen functional groups attached to an aromatic ring is 1. The van der Waals surface area contributed by atoms with Crippen LogP contribution in [0.15, 0.2) is 60.9 Å². The van der Waals surface area contributed by atoms with Gasteiger partial charge in [-0.25, -0.2) is 19.4 Å². The Morgan fingerprint density at radius 2 is 1.67 bits per heavy atom. The number of rotatable bonds is 5. The average molecular weight is 528 g/mol. The van der Waals surface area contributed by atoms with Crippen LogP contribution in [0.5, 0.6) is 11.5 Å². The normalized spacial score (nSPS) is 18.3. The fourth-order valence-corrected chi connectivity index (χ4v) is 5.22. The Kier molecular flexibility index (Phi) is 6.34. The number of nitrogens with two attached hydrogens (primary N) is 1. The van der Waals surface area contributed by atoms with Crippen molar-refractivity contribution in [1.29, 1.82) is 0 Å². The van der Waals surface area contributed by atoms with E-state index >= 15 is 0 Å². The summed E-state index contributed by atoms with van der Waals surface area (Å²) in [6.07, 6.45) is 2.19. The minimum absolute atomic E-state index is 0.145. The number of nitrogens with zero attached hydrogens (tertiary/aromatic N) is 6. The summed E-state index contributed by atoms with van der Waals surface area (Å²) in [7, 11) is 0. The lowest BCUT2D eigenvalue weighted by Gasteiger charge is -2.44. The van der Waals surface area contributed by atoms with E-state index in [1.807, 2.05) is 80.1 Å². The average Bonchev–Trinajstić information content (AvgIpc) is 3.49. The first-order valence-corrected chi connectivity index (χ1v) is 13.3. The van der Waals surface area contributed by atoms with E-state index in [9.17, 15) is 4.79 Å². The number of fused-ring (bicyclic) bond motifs is 1. The van der Waals surface area contributed by atoms with Crippen molar-refractivity contribution in [3.8, 4) is 22.8 Å². The maximum absolute atomic E-state index is 12.4. The number of amides is 1. The monoisotopic (exact) mass is 527 g/mol. The Hall–Kier alpha value is -4.18. The van der Waals surface area contributed by atoms with Crippen molar-refractivity contribution in [2.24, 2.45) is 0 Å². The molecule has 2 aliphatic heterocycles. The van der Waals surface area contributed by atoms with Crippen molar-refractivity contribution >= 4 is 22.9 Å². The van der Waals surface area contributed by atoms with Gasteiger partial charge in [-0.1, -0.05) is 18.2 Å². The zero-order valence-corrected chi connectivity index (χ0v) is 22.4. The van der Waals surface area contributed by atoms with E-state index in [-0.39, 0.29) is 12.1 Å². The minimum Gasteiger partial charge on any atom is -0.457 e. The first-order valence-electron chi connectivity index (χ1n) is 13.3. The number of para-hydroxylation sites is 1. The summed E-state index contributed by atoms with van der Waals surface area (Å²) < 4.78 is 13.5. The Morgan fingerprint density at radius 3 is 2.38 bits per heavy atom.